The smallest absolute Gasteiger partial charge is 0.325 e. The number of benzene rings is 1. The monoisotopic (exact) mass is 417 g/mol. The second-order valence-electron chi connectivity index (χ2n) is 10.2. The zero-order chi connectivity index (χ0) is 21.2. The van der Waals surface area contributed by atoms with E-state index in [-0.39, 0.29) is 29.3 Å². The first-order chi connectivity index (χ1) is 13.4. The molecule has 3 fully saturated rings. The van der Waals surface area contributed by atoms with Gasteiger partial charge in [0.1, 0.15) is 12.1 Å². The minimum Gasteiger partial charge on any atom is -0.338 e. The fourth-order valence-electron chi connectivity index (χ4n) is 5.87. The number of fused-ring (bicyclic) bond motifs is 2. The van der Waals surface area contributed by atoms with E-state index < -0.39 is 17.5 Å². The molecule has 0 unspecified atom stereocenters. The van der Waals surface area contributed by atoms with Crippen LogP contribution in [-0.2, 0) is 15.1 Å². The number of carbonyl (C=O) groups excluding carboxylic acids is 3. The molecule has 1 aromatic rings. The summed E-state index contributed by atoms with van der Waals surface area (Å²) >= 11 is 6.27. The second kappa shape index (κ2) is 6.46. The molecule has 2 bridgehead atoms. The van der Waals surface area contributed by atoms with Crippen LogP contribution in [0.4, 0.5) is 4.79 Å². The number of carbonyl (C=O) groups is 3. The zero-order valence-electron chi connectivity index (χ0n) is 17.4. The van der Waals surface area contributed by atoms with Crippen molar-refractivity contribution < 1.29 is 14.4 Å². The number of urea groups is 1. The summed E-state index contributed by atoms with van der Waals surface area (Å²) in [4.78, 5) is 41.8. The third-order valence-corrected chi connectivity index (χ3v) is 7.05. The Kier molecular flexibility index (Phi) is 4.50. The van der Waals surface area contributed by atoms with E-state index in [0.717, 1.165) is 24.2 Å². The number of nitrogens with one attached hydrogen (secondary N) is 1. The average Bonchev–Trinajstić information content (AvgIpc) is 2.99. The summed E-state index contributed by atoms with van der Waals surface area (Å²) in [5.74, 6) is -0.610. The summed E-state index contributed by atoms with van der Waals surface area (Å²) in [5, 5.41) is 3.14. The highest BCUT2D eigenvalue weighted by atomic mass is 35.5. The van der Waals surface area contributed by atoms with Crippen molar-refractivity contribution in [3.63, 3.8) is 0 Å². The van der Waals surface area contributed by atoms with Crippen molar-refractivity contribution in [2.24, 2.45) is 10.8 Å². The van der Waals surface area contributed by atoms with E-state index in [2.05, 4.69) is 26.1 Å². The molecule has 1 saturated carbocycles. The van der Waals surface area contributed by atoms with E-state index in [0.29, 0.717) is 17.1 Å². The largest absolute Gasteiger partial charge is 0.338 e. The lowest BCUT2D eigenvalue weighted by Gasteiger charge is -2.39. The van der Waals surface area contributed by atoms with Crippen LogP contribution in [0.15, 0.2) is 24.3 Å². The van der Waals surface area contributed by atoms with Gasteiger partial charge in [0.2, 0.25) is 5.91 Å². The Balaban J connectivity index is 1.53. The Morgan fingerprint density at radius 1 is 1.17 bits per heavy atom. The summed E-state index contributed by atoms with van der Waals surface area (Å²) in [7, 11) is 0. The minimum absolute atomic E-state index is 0.103. The molecule has 3 atom stereocenters. The van der Waals surface area contributed by atoms with E-state index in [9.17, 15) is 14.4 Å². The van der Waals surface area contributed by atoms with Gasteiger partial charge in [0, 0.05) is 23.2 Å². The van der Waals surface area contributed by atoms with Crippen LogP contribution in [0.2, 0.25) is 5.02 Å². The van der Waals surface area contributed by atoms with Crippen molar-refractivity contribution in [3.05, 3.63) is 34.9 Å². The van der Waals surface area contributed by atoms with Gasteiger partial charge in [0.25, 0.3) is 5.91 Å². The lowest BCUT2D eigenvalue weighted by molar-refractivity contribution is -0.139. The van der Waals surface area contributed by atoms with Crippen LogP contribution in [0.5, 0.6) is 0 Å². The van der Waals surface area contributed by atoms with Gasteiger partial charge >= 0.3 is 6.03 Å². The molecule has 0 aromatic heterocycles. The molecule has 6 nitrogen and oxygen atoms in total. The van der Waals surface area contributed by atoms with Crippen LogP contribution in [0, 0.1) is 10.8 Å². The molecule has 4 amide bonds. The number of imide groups is 1. The maximum Gasteiger partial charge on any atom is 0.325 e. The molecule has 156 valence electrons. The molecular weight excluding hydrogens is 390 g/mol. The van der Waals surface area contributed by atoms with Gasteiger partial charge < -0.3 is 10.2 Å². The van der Waals surface area contributed by atoms with Gasteiger partial charge in [0.15, 0.2) is 0 Å². The number of hydrogen-bond acceptors (Lipinski definition) is 3. The Morgan fingerprint density at radius 2 is 1.86 bits per heavy atom. The topological polar surface area (TPSA) is 69.7 Å². The van der Waals surface area contributed by atoms with Crippen molar-refractivity contribution in [3.8, 4) is 0 Å². The van der Waals surface area contributed by atoms with Crippen molar-refractivity contribution in [2.45, 2.75) is 58.5 Å². The van der Waals surface area contributed by atoms with Crippen LogP contribution >= 0.6 is 11.6 Å². The molecule has 0 radical (unpaired) electrons. The maximum atomic E-state index is 13.1. The summed E-state index contributed by atoms with van der Waals surface area (Å²) < 4.78 is 0. The number of nitrogens with zero attached hydrogens (tertiary/aromatic N) is 2. The molecule has 7 heteroatoms. The molecule has 29 heavy (non-hydrogen) atoms. The second-order valence-corrected chi connectivity index (χ2v) is 10.6. The SMILES string of the molecule is CC1(C)C[C@@H]2C[C@@](C)(CN2C(=O)CN2C(=O)N[C@](C)(c3ccccc3Cl)C2=O)C1. The quantitative estimate of drug-likeness (QED) is 0.765. The molecule has 1 aromatic carbocycles. The summed E-state index contributed by atoms with van der Waals surface area (Å²) in [6.07, 6.45) is 3.01. The van der Waals surface area contributed by atoms with Gasteiger partial charge in [-0.05, 0) is 43.1 Å². The van der Waals surface area contributed by atoms with Gasteiger partial charge in [-0.25, -0.2) is 4.79 Å². The number of rotatable bonds is 3. The lowest BCUT2D eigenvalue weighted by atomic mass is 9.65. The molecule has 1 N–H and O–H groups in total. The summed E-state index contributed by atoms with van der Waals surface area (Å²) in [5.41, 5.74) is -0.451. The molecule has 2 saturated heterocycles. The fourth-order valence-corrected chi connectivity index (χ4v) is 6.19. The summed E-state index contributed by atoms with van der Waals surface area (Å²) in [6, 6.07) is 6.56. The molecule has 1 aliphatic carbocycles. The predicted molar refractivity (Wildman–Crippen MR) is 110 cm³/mol. The third kappa shape index (κ3) is 3.31. The number of amides is 4. The first kappa shape index (κ1) is 20.2. The van der Waals surface area contributed by atoms with E-state index in [1.807, 2.05) is 4.90 Å². The summed E-state index contributed by atoms with van der Waals surface area (Å²) in [6.45, 7) is 8.81. The highest BCUT2D eigenvalue weighted by Gasteiger charge is 2.53. The maximum absolute atomic E-state index is 13.1. The fraction of sp³-hybridized carbons (Fsp3) is 0.591. The minimum atomic E-state index is -1.27. The third-order valence-electron chi connectivity index (χ3n) is 6.72. The molecule has 3 aliphatic rings. The number of halogens is 1. The normalized spacial score (nSPS) is 33.2. The Bertz CT molecular complexity index is 901. The van der Waals surface area contributed by atoms with Gasteiger partial charge in [-0.3, -0.25) is 14.5 Å². The van der Waals surface area contributed by atoms with Crippen LogP contribution in [0.3, 0.4) is 0 Å². The highest BCUT2D eigenvalue weighted by molar-refractivity contribution is 6.32. The van der Waals surface area contributed by atoms with Gasteiger partial charge in [-0.1, -0.05) is 50.6 Å². The Labute approximate surface area is 176 Å². The van der Waals surface area contributed by atoms with Gasteiger partial charge in [-0.2, -0.15) is 0 Å². The van der Waals surface area contributed by atoms with E-state index in [4.69, 9.17) is 11.6 Å². The number of likely N-dealkylation sites (tertiary alicyclic amines) is 1. The number of hydrogen-bond donors (Lipinski definition) is 1. The van der Waals surface area contributed by atoms with E-state index in [1.165, 1.54) is 0 Å². The molecular formula is C22H28ClN3O3. The standard InChI is InChI=1S/C22H28ClN3O3/c1-20(2)9-14-10-21(3,12-20)13-26(14)17(27)11-25-18(28)22(4,24-19(25)29)15-7-5-6-8-16(15)23/h5-8,14H,9-13H2,1-4H3,(H,24,29)/t14-,21-,22-/m1/s1. The van der Waals surface area contributed by atoms with Crippen molar-refractivity contribution in [1.29, 1.82) is 0 Å². The Morgan fingerprint density at radius 3 is 2.55 bits per heavy atom. The van der Waals surface area contributed by atoms with Gasteiger partial charge in [-0.15, -0.1) is 0 Å². The van der Waals surface area contributed by atoms with Crippen LogP contribution < -0.4 is 5.32 Å². The van der Waals surface area contributed by atoms with Crippen molar-refractivity contribution in [1.82, 2.24) is 15.1 Å². The van der Waals surface area contributed by atoms with E-state index >= 15 is 0 Å². The molecule has 2 heterocycles. The molecule has 0 spiro atoms. The first-order valence-electron chi connectivity index (χ1n) is 10.1. The van der Waals surface area contributed by atoms with Crippen LogP contribution in [0.1, 0.15) is 52.5 Å². The van der Waals surface area contributed by atoms with Crippen LogP contribution in [0.25, 0.3) is 0 Å². The van der Waals surface area contributed by atoms with Crippen LogP contribution in [-0.4, -0.2) is 46.8 Å². The van der Waals surface area contributed by atoms with Crippen molar-refractivity contribution in [2.75, 3.05) is 13.1 Å². The molecule has 2 aliphatic heterocycles. The predicted octanol–water partition coefficient (Wildman–Crippen LogP) is 3.53. The van der Waals surface area contributed by atoms with Crippen molar-refractivity contribution >= 4 is 29.4 Å². The highest BCUT2D eigenvalue weighted by Crippen LogP contribution is 2.52. The lowest BCUT2D eigenvalue weighted by Crippen LogP contribution is -2.46. The zero-order valence-corrected chi connectivity index (χ0v) is 18.2. The first-order valence-corrected chi connectivity index (χ1v) is 10.5. The van der Waals surface area contributed by atoms with Gasteiger partial charge in [0.05, 0.1) is 0 Å². The molecule has 4 rings (SSSR count). The van der Waals surface area contributed by atoms with E-state index in [1.54, 1.807) is 31.2 Å². The Hall–Kier alpha value is -2.08. The average molecular weight is 418 g/mol.